The van der Waals surface area contributed by atoms with Crippen molar-refractivity contribution in [1.82, 2.24) is 5.32 Å². The van der Waals surface area contributed by atoms with Crippen LogP contribution in [-0.4, -0.2) is 38.7 Å². The second kappa shape index (κ2) is 7.51. The van der Waals surface area contributed by atoms with Crippen LogP contribution in [0.5, 0.6) is 0 Å². The van der Waals surface area contributed by atoms with Gasteiger partial charge in [0, 0.05) is 18.7 Å². The fourth-order valence-corrected chi connectivity index (χ4v) is 5.28. The van der Waals surface area contributed by atoms with E-state index in [4.69, 9.17) is 5.73 Å². The van der Waals surface area contributed by atoms with Crippen LogP contribution in [0.2, 0.25) is 0 Å². The zero-order chi connectivity index (χ0) is 17.4. The lowest BCUT2D eigenvalue weighted by molar-refractivity contribution is 0.0902. The van der Waals surface area contributed by atoms with Gasteiger partial charge in [-0.1, -0.05) is 12.8 Å². The number of nitrogens with one attached hydrogen (secondary N) is 1. The molecule has 0 spiro atoms. The number of amides is 1. The van der Waals surface area contributed by atoms with E-state index in [-0.39, 0.29) is 29.6 Å². The number of halogens is 1. The summed E-state index contributed by atoms with van der Waals surface area (Å²) < 4.78 is 25.5. The van der Waals surface area contributed by atoms with Crippen molar-refractivity contribution in [3.63, 3.8) is 0 Å². The maximum absolute atomic E-state index is 12.6. The standard InChI is InChI=1S/C17H25N3O3S.ClH/c1-13-11-14(20-9-4-10-24(20,22)23)5-6-15(13)16(21)19-17(12-18)7-2-3-8-17;/h5-6,11H,2-4,7-10,12,18H2,1H3,(H,19,21);1H. The molecule has 0 radical (unpaired) electrons. The number of carbonyl (C=O) groups excluding carboxylic acids is 1. The minimum atomic E-state index is -3.21. The van der Waals surface area contributed by atoms with Crippen molar-refractivity contribution in [2.45, 2.75) is 44.6 Å². The summed E-state index contributed by atoms with van der Waals surface area (Å²) in [6, 6.07) is 5.21. The fourth-order valence-electron chi connectivity index (χ4n) is 3.73. The van der Waals surface area contributed by atoms with Gasteiger partial charge in [-0.2, -0.15) is 0 Å². The summed E-state index contributed by atoms with van der Waals surface area (Å²) in [5.74, 6) is 0.0588. The van der Waals surface area contributed by atoms with Crippen LogP contribution in [0.3, 0.4) is 0 Å². The van der Waals surface area contributed by atoms with Crippen LogP contribution in [0.1, 0.15) is 48.0 Å². The Bertz CT molecular complexity index is 746. The van der Waals surface area contributed by atoms with Gasteiger partial charge < -0.3 is 11.1 Å². The highest BCUT2D eigenvalue weighted by Crippen LogP contribution is 2.30. The largest absolute Gasteiger partial charge is 0.345 e. The maximum Gasteiger partial charge on any atom is 0.252 e. The van der Waals surface area contributed by atoms with Gasteiger partial charge >= 0.3 is 0 Å². The van der Waals surface area contributed by atoms with E-state index < -0.39 is 10.0 Å². The Labute approximate surface area is 155 Å². The molecule has 1 amide bonds. The van der Waals surface area contributed by atoms with Crippen molar-refractivity contribution in [3.8, 4) is 0 Å². The number of nitrogens with zero attached hydrogens (tertiary/aromatic N) is 1. The third kappa shape index (κ3) is 3.93. The molecule has 1 saturated carbocycles. The Morgan fingerprint density at radius 1 is 1.28 bits per heavy atom. The molecule has 25 heavy (non-hydrogen) atoms. The Morgan fingerprint density at radius 3 is 2.48 bits per heavy atom. The molecule has 2 fully saturated rings. The van der Waals surface area contributed by atoms with Gasteiger partial charge in [-0.05, 0) is 49.9 Å². The van der Waals surface area contributed by atoms with Gasteiger partial charge in [-0.3, -0.25) is 9.10 Å². The van der Waals surface area contributed by atoms with Gasteiger partial charge in [0.1, 0.15) is 0 Å². The second-order valence-corrected chi connectivity index (χ2v) is 8.90. The molecule has 2 aliphatic rings. The SMILES string of the molecule is Cc1cc(N2CCCS2(=O)=O)ccc1C(=O)NC1(CN)CCCC1.Cl. The number of hydrogen-bond acceptors (Lipinski definition) is 4. The first-order valence-electron chi connectivity index (χ1n) is 8.51. The van der Waals surface area contributed by atoms with Crippen molar-refractivity contribution >= 4 is 34.0 Å². The summed E-state index contributed by atoms with van der Waals surface area (Å²) in [7, 11) is -3.21. The Kier molecular flexibility index (Phi) is 6.01. The summed E-state index contributed by atoms with van der Waals surface area (Å²) in [6.07, 6.45) is 4.64. The average Bonchev–Trinajstić information content (AvgIpc) is 3.13. The van der Waals surface area contributed by atoms with Crippen molar-refractivity contribution < 1.29 is 13.2 Å². The van der Waals surface area contributed by atoms with E-state index in [0.29, 0.717) is 30.8 Å². The van der Waals surface area contributed by atoms with Crippen LogP contribution in [0, 0.1) is 6.92 Å². The van der Waals surface area contributed by atoms with Crippen LogP contribution in [0.25, 0.3) is 0 Å². The van der Waals surface area contributed by atoms with Crippen molar-refractivity contribution in [1.29, 1.82) is 0 Å². The predicted octanol–water partition coefficient (Wildman–Crippen LogP) is 1.96. The number of anilines is 1. The number of sulfonamides is 1. The highest BCUT2D eigenvalue weighted by atomic mass is 35.5. The van der Waals surface area contributed by atoms with Gasteiger partial charge in [0.25, 0.3) is 5.91 Å². The molecular formula is C17H26ClN3O3S. The lowest BCUT2D eigenvalue weighted by Gasteiger charge is -2.29. The van der Waals surface area contributed by atoms with Crippen LogP contribution >= 0.6 is 12.4 Å². The van der Waals surface area contributed by atoms with Crippen molar-refractivity contribution in [3.05, 3.63) is 29.3 Å². The molecule has 8 heteroatoms. The summed E-state index contributed by atoms with van der Waals surface area (Å²) in [5, 5.41) is 3.11. The molecule has 1 heterocycles. The molecular weight excluding hydrogens is 362 g/mol. The van der Waals surface area contributed by atoms with Crippen molar-refractivity contribution in [2.24, 2.45) is 5.73 Å². The molecule has 1 aliphatic heterocycles. The molecule has 1 aliphatic carbocycles. The summed E-state index contributed by atoms with van der Waals surface area (Å²) in [6.45, 7) is 2.79. The first kappa shape index (κ1) is 20.0. The van der Waals surface area contributed by atoms with Crippen molar-refractivity contribution in [2.75, 3.05) is 23.1 Å². The van der Waals surface area contributed by atoms with E-state index in [1.807, 2.05) is 6.92 Å². The normalized spacial score (nSPS) is 21.0. The summed E-state index contributed by atoms with van der Waals surface area (Å²) >= 11 is 0. The Balaban J connectivity index is 0.00000225. The Morgan fingerprint density at radius 2 is 1.96 bits per heavy atom. The smallest absolute Gasteiger partial charge is 0.252 e. The number of rotatable bonds is 4. The van der Waals surface area contributed by atoms with Gasteiger partial charge in [0.05, 0.1) is 17.0 Å². The van der Waals surface area contributed by atoms with Crippen LogP contribution in [0.15, 0.2) is 18.2 Å². The molecule has 6 nitrogen and oxygen atoms in total. The van der Waals surface area contributed by atoms with Gasteiger partial charge in [0.2, 0.25) is 10.0 Å². The monoisotopic (exact) mass is 387 g/mol. The number of nitrogens with two attached hydrogens (primary N) is 1. The maximum atomic E-state index is 12.6. The minimum absolute atomic E-state index is 0. The molecule has 140 valence electrons. The first-order valence-corrected chi connectivity index (χ1v) is 10.1. The van der Waals surface area contributed by atoms with E-state index in [1.165, 1.54) is 4.31 Å². The van der Waals surface area contributed by atoms with E-state index in [0.717, 1.165) is 31.2 Å². The molecule has 3 rings (SSSR count). The highest BCUT2D eigenvalue weighted by molar-refractivity contribution is 7.93. The summed E-state index contributed by atoms with van der Waals surface area (Å²) in [4.78, 5) is 12.6. The first-order chi connectivity index (χ1) is 11.4. The molecule has 1 aromatic carbocycles. The zero-order valence-corrected chi connectivity index (χ0v) is 16.1. The zero-order valence-electron chi connectivity index (χ0n) is 14.5. The molecule has 0 bridgehead atoms. The number of carbonyl (C=O) groups is 1. The molecule has 0 aromatic heterocycles. The summed E-state index contributed by atoms with van der Waals surface area (Å²) in [5.41, 5.74) is 7.58. The van der Waals surface area contributed by atoms with E-state index in [1.54, 1.807) is 18.2 Å². The molecule has 3 N–H and O–H groups in total. The topological polar surface area (TPSA) is 92.5 Å². The highest BCUT2D eigenvalue weighted by Gasteiger charge is 2.34. The third-order valence-electron chi connectivity index (χ3n) is 5.17. The second-order valence-electron chi connectivity index (χ2n) is 6.89. The number of hydrogen-bond donors (Lipinski definition) is 2. The van der Waals surface area contributed by atoms with E-state index in [9.17, 15) is 13.2 Å². The third-order valence-corrected chi connectivity index (χ3v) is 7.04. The molecule has 1 saturated heterocycles. The quantitative estimate of drug-likeness (QED) is 0.825. The number of benzene rings is 1. The predicted molar refractivity (Wildman–Crippen MR) is 102 cm³/mol. The van der Waals surface area contributed by atoms with Gasteiger partial charge in [-0.15, -0.1) is 12.4 Å². The van der Waals surface area contributed by atoms with Crippen LogP contribution < -0.4 is 15.4 Å². The molecule has 0 unspecified atom stereocenters. The molecule has 0 atom stereocenters. The minimum Gasteiger partial charge on any atom is -0.345 e. The fraction of sp³-hybridized carbons (Fsp3) is 0.588. The van der Waals surface area contributed by atoms with Crippen LogP contribution in [-0.2, 0) is 10.0 Å². The Hall–Kier alpha value is -1.31. The van der Waals surface area contributed by atoms with E-state index in [2.05, 4.69) is 5.32 Å². The van der Waals surface area contributed by atoms with Gasteiger partial charge in [0.15, 0.2) is 0 Å². The van der Waals surface area contributed by atoms with Gasteiger partial charge in [-0.25, -0.2) is 8.42 Å². The lowest BCUT2D eigenvalue weighted by Crippen LogP contribution is -2.51. The van der Waals surface area contributed by atoms with E-state index >= 15 is 0 Å². The number of aryl methyl sites for hydroxylation is 1. The average molecular weight is 388 g/mol. The van der Waals surface area contributed by atoms with Crippen LogP contribution in [0.4, 0.5) is 5.69 Å². The lowest BCUT2D eigenvalue weighted by atomic mass is 9.96. The molecule has 1 aromatic rings.